The second-order valence-electron chi connectivity index (χ2n) is 10.4. The van der Waals surface area contributed by atoms with Crippen LogP contribution in [0.5, 0.6) is 0 Å². The second-order valence-corrected chi connectivity index (χ2v) is 10.4. The molecule has 0 bridgehead atoms. The van der Waals surface area contributed by atoms with Crippen molar-refractivity contribution in [3.8, 4) is 0 Å². The van der Waals surface area contributed by atoms with E-state index in [9.17, 15) is 4.79 Å². The summed E-state index contributed by atoms with van der Waals surface area (Å²) in [6.07, 6.45) is 4.31. The molecule has 2 fully saturated rings. The number of ether oxygens (including phenoxy) is 1. The van der Waals surface area contributed by atoms with Gasteiger partial charge in [0.25, 0.3) is 0 Å². The fraction of sp³-hybridized carbons (Fsp3) is 0.792. The maximum absolute atomic E-state index is 11.2. The summed E-state index contributed by atoms with van der Waals surface area (Å²) in [5.41, 5.74) is 0.978. The van der Waals surface area contributed by atoms with Gasteiger partial charge in [0.15, 0.2) is 0 Å². The average Bonchev–Trinajstić information content (AvgIpc) is 2.67. The Kier molecular flexibility index (Phi) is 7.92. The number of nitrogens with zero attached hydrogens (tertiary/aromatic N) is 4. The van der Waals surface area contributed by atoms with E-state index in [4.69, 9.17) is 14.7 Å². The molecular formula is C24H41N5O2. The van der Waals surface area contributed by atoms with Crippen molar-refractivity contribution >= 4 is 11.7 Å². The van der Waals surface area contributed by atoms with Crippen molar-refractivity contribution in [1.29, 1.82) is 0 Å². The summed E-state index contributed by atoms with van der Waals surface area (Å²) in [6.45, 7) is 15.4. The number of nitrogens with one attached hydrogen (secondary N) is 1. The first kappa shape index (κ1) is 23.9. The molecule has 31 heavy (non-hydrogen) atoms. The third-order valence-corrected chi connectivity index (χ3v) is 6.50. The lowest BCUT2D eigenvalue weighted by Crippen LogP contribution is -2.53. The summed E-state index contributed by atoms with van der Waals surface area (Å²) in [6, 6.07) is 2.97. The minimum Gasteiger partial charge on any atom is -0.384 e. The number of carbonyl (C=O) groups is 1. The second kappa shape index (κ2) is 10.3. The van der Waals surface area contributed by atoms with Crippen LogP contribution in [0.3, 0.4) is 0 Å². The number of hydrogen-bond acceptors (Lipinski definition) is 6. The molecule has 1 aliphatic carbocycles. The first-order chi connectivity index (χ1) is 14.7. The van der Waals surface area contributed by atoms with Gasteiger partial charge in [-0.25, -0.2) is 9.97 Å². The summed E-state index contributed by atoms with van der Waals surface area (Å²) in [5.74, 6) is 2.81. The number of hydrogen-bond donors (Lipinski definition) is 1. The van der Waals surface area contributed by atoms with Crippen LogP contribution in [-0.2, 0) is 21.4 Å². The molecule has 7 nitrogen and oxygen atoms in total. The maximum atomic E-state index is 11.2. The fourth-order valence-corrected chi connectivity index (χ4v) is 4.62. The molecule has 1 N–H and O–H groups in total. The van der Waals surface area contributed by atoms with Gasteiger partial charge in [0.05, 0.1) is 6.61 Å². The SMILES string of the molecule is COCCc1cc(N2CCN(CC[C@H]3C[C@@H](NC(C)=O)C3)C[C@@H]2C)nc(C(C)(C)C)n1. The highest BCUT2D eigenvalue weighted by Gasteiger charge is 2.31. The molecule has 7 heteroatoms. The third-order valence-electron chi connectivity index (χ3n) is 6.50. The normalized spacial score (nSPS) is 24.7. The largest absolute Gasteiger partial charge is 0.384 e. The molecule has 0 unspecified atom stereocenters. The molecule has 2 heterocycles. The number of anilines is 1. The Labute approximate surface area is 188 Å². The zero-order valence-electron chi connectivity index (χ0n) is 20.3. The molecule has 2 aliphatic rings. The van der Waals surface area contributed by atoms with E-state index in [1.807, 2.05) is 0 Å². The third kappa shape index (κ3) is 6.62. The van der Waals surface area contributed by atoms with E-state index in [0.717, 1.165) is 68.7 Å². The molecule has 174 valence electrons. The predicted molar refractivity (Wildman–Crippen MR) is 125 cm³/mol. The number of amides is 1. The molecule has 0 spiro atoms. The van der Waals surface area contributed by atoms with Crippen molar-refractivity contribution in [2.24, 2.45) is 5.92 Å². The quantitative estimate of drug-likeness (QED) is 0.683. The van der Waals surface area contributed by atoms with Crippen molar-refractivity contribution in [3.63, 3.8) is 0 Å². The Hall–Kier alpha value is -1.73. The number of piperazine rings is 1. The Morgan fingerprint density at radius 1 is 1.26 bits per heavy atom. The Morgan fingerprint density at radius 2 is 2.00 bits per heavy atom. The number of methoxy groups -OCH3 is 1. The number of carbonyl (C=O) groups excluding carboxylic acids is 1. The Morgan fingerprint density at radius 3 is 2.61 bits per heavy atom. The van der Waals surface area contributed by atoms with Crippen LogP contribution in [0.25, 0.3) is 0 Å². The molecule has 0 aromatic carbocycles. The van der Waals surface area contributed by atoms with Crippen LogP contribution in [0.4, 0.5) is 5.82 Å². The molecule has 3 rings (SSSR count). The van der Waals surface area contributed by atoms with E-state index in [-0.39, 0.29) is 11.3 Å². The van der Waals surface area contributed by atoms with Gasteiger partial charge in [-0.3, -0.25) is 9.69 Å². The van der Waals surface area contributed by atoms with E-state index in [1.54, 1.807) is 14.0 Å². The first-order valence-corrected chi connectivity index (χ1v) is 11.8. The van der Waals surface area contributed by atoms with Crippen molar-refractivity contribution in [2.75, 3.05) is 44.8 Å². The molecular weight excluding hydrogens is 390 g/mol. The molecule has 1 atom stereocenters. The number of rotatable bonds is 8. The average molecular weight is 432 g/mol. The molecule has 1 aromatic heterocycles. The predicted octanol–water partition coefficient (Wildman–Crippen LogP) is 2.78. The standard InChI is InChI=1S/C24H41N5O2/c1-17-16-28(9-7-19-13-21(14-19)25-18(2)30)10-11-29(17)22-15-20(8-12-31-6)26-23(27-22)24(3,4)5/h15,17,19,21H,7-14,16H2,1-6H3,(H,25,30)/t17-,19-,21+/m0/s1. The van der Waals surface area contributed by atoms with E-state index in [2.05, 4.69) is 48.9 Å². The zero-order valence-corrected chi connectivity index (χ0v) is 20.3. The molecule has 1 aromatic rings. The molecule has 1 saturated heterocycles. The Balaban J connectivity index is 1.56. The van der Waals surface area contributed by atoms with Gasteiger partial charge in [0, 0.05) is 69.3 Å². The van der Waals surface area contributed by atoms with Crippen LogP contribution in [0.2, 0.25) is 0 Å². The number of aromatic nitrogens is 2. The van der Waals surface area contributed by atoms with Gasteiger partial charge in [-0.1, -0.05) is 20.8 Å². The monoisotopic (exact) mass is 431 g/mol. The van der Waals surface area contributed by atoms with Gasteiger partial charge in [-0.15, -0.1) is 0 Å². The summed E-state index contributed by atoms with van der Waals surface area (Å²) in [4.78, 5) is 26.0. The molecule has 1 saturated carbocycles. The molecule has 1 aliphatic heterocycles. The van der Waals surface area contributed by atoms with Crippen LogP contribution < -0.4 is 10.2 Å². The van der Waals surface area contributed by atoms with Crippen LogP contribution in [0, 0.1) is 5.92 Å². The highest BCUT2D eigenvalue weighted by Crippen LogP contribution is 2.31. The van der Waals surface area contributed by atoms with Gasteiger partial charge in [0.1, 0.15) is 11.6 Å². The highest BCUT2D eigenvalue weighted by atomic mass is 16.5. The lowest BCUT2D eigenvalue weighted by molar-refractivity contribution is -0.120. The molecule has 0 radical (unpaired) electrons. The zero-order chi connectivity index (χ0) is 22.6. The Bertz CT molecular complexity index is 742. The lowest BCUT2D eigenvalue weighted by atomic mass is 9.78. The van der Waals surface area contributed by atoms with E-state index in [0.29, 0.717) is 18.7 Å². The van der Waals surface area contributed by atoms with Crippen LogP contribution in [0.1, 0.15) is 65.4 Å². The van der Waals surface area contributed by atoms with Gasteiger partial charge in [0.2, 0.25) is 5.91 Å². The van der Waals surface area contributed by atoms with Crippen LogP contribution in [0.15, 0.2) is 6.07 Å². The van der Waals surface area contributed by atoms with Crippen molar-refractivity contribution in [2.45, 2.75) is 77.8 Å². The van der Waals surface area contributed by atoms with Crippen molar-refractivity contribution in [3.05, 3.63) is 17.6 Å². The fourth-order valence-electron chi connectivity index (χ4n) is 4.62. The van der Waals surface area contributed by atoms with Gasteiger partial charge >= 0.3 is 0 Å². The highest BCUT2D eigenvalue weighted by molar-refractivity contribution is 5.73. The summed E-state index contributed by atoms with van der Waals surface area (Å²) in [7, 11) is 1.73. The van der Waals surface area contributed by atoms with Crippen LogP contribution in [-0.4, -0.2) is 72.8 Å². The minimum absolute atomic E-state index is 0.0826. The van der Waals surface area contributed by atoms with Gasteiger partial charge < -0.3 is 15.0 Å². The maximum Gasteiger partial charge on any atom is 0.217 e. The van der Waals surface area contributed by atoms with Crippen LogP contribution >= 0.6 is 0 Å². The van der Waals surface area contributed by atoms with Crippen molar-refractivity contribution < 1.29 is 9.53 Å². The smallest absolute Gasteiger partial charge is 0.217 e. The lowest BCUT2D eigenvalue weighted by Gasteiger charge is -2.42. The summed E-state index contributed by atoms with van der Waals surface area (Å²) < 4.78 is 5.28. The minimum atomic E-state index is -0.0826. The van der Waals surface area contributed by atoms with E-state index >= 15 is 0 Å². The van der Waals surface area contributed by atoms with E-state index < -0.39 is 0 Å². The topological polar surface area (TPSA) is 70.6 Å². The first-order valence-electron chi connectivity index (χ1n) is 11.8. The summed E-state index contributed by atoms with van der Waals surface area (Å²) >= 11 is 0. The van der Waals surface area contributed by atoms with E-state index in [1.165, 1.54) is 6.42 Å². The van der Waals surface area contributed by atoms with Gasteiger partial charge in [-0.05, 0) is 38.6 Å². The van der Waals surface area contributed by atoms with Gasteiger partial charge in [-0.2, -0.15) is 0 Å². The molecule has 1 amide bonds. The van der Waals surface area contributed by atoms with Crippen molar-refractivity contribution in [1.82, 2.24) is 20.2 Å². The summed E-state index contributed by atoms with van der Waals surface area (Å²) in [5, 5.41) is 3.03.